The average molecular weight is 911 g/mol. The first-order valence-corrected chi connectivity index (χ1v) is 24.4. The summed E-state index contributed by atoms with van der Waals surface area (Å²) in [5, 5.41) is 85.8. The molecule has 0 aromatic rings. The van der Waals surface area contributed by atoms with Crippen LogP contribution in [0.15, 0.2) is 11.6 Å². The number of fused-ring (bicyclic) bond motifs is 5. The molecule has 0 aromatic carbocycles. The number of carbonyl (C=O) groups excluding carboxylic acids is 3. The first kappa shape index (κ1) is 52.7. The highest BCUT2D eigenvalue weighted by molar-refractivity contribution is 5.81. The van der Waals surface area contributed by atoms with E-state index in [-0.39, 0.29) is 42.8 Å². The molecule has 0 aromatic heterocycles. The van der Waals surface area contributed by atoms with Crippen LogP contribution in [-0.4, -0.2) is 146 Å². The van der Waals surface area contributed by atoms with Crippen LogP contribution < -0.4 is 10.6 Å². The van der Waals surface area contributed by atoms with Crippen molar-refractivity contribution in [3.05, 3.63) is 11.6 Å². The molecule has 5 rings (SSSR count). The number of hydrogen-bond donors (Lipinski definition) is 10. The molecule has 0 radical (unpaired) electrons. The summed E-state index contributed by atoms with van der Waals surface area (Å²) in [6, 6.07) is 0. The van der Waals surface area contributed by atoms with Crippen molar-refractivity contribution >= 4 is 17.8 Å². The third kappa shape index (κ3) is 12.4. The predicted molar refractivity (Wildman–Crippen MR) is 236 cm³/mol. The fourth-order valence-corrected chi connectivity index (χ4v) is 12.4. The Hall–Kier alpha value is -2.25. The molecular formula is C48H82N2O14. The number of allylic oxidation sites excluding steroid dienone is 1. The summed E-state index contributed by atoms with van der Waals surface area (Å²) < 4.78 is 16.5. The topological polar surface area (TPSA) is 265 Å². The van der Waals surface area contributed by atoms with Gasteiger partial charge < -0.3 is 65.7 Å². The number of rotatable bonds is 23. The van der Waals surface area contributed by atoms with Crippen molar-refractivity contribution in [1.29, 1.82) is 0 Å². The van der Waals surface area contributed by atoms with E-state index in [0.717, 1.165) is 55.3 Å². The van der Waals surface area contributed by atoms with Crippen molar-refractivity contribution in [1.82, 2.24) is 10.6 Å². The smallest absolute Gasteiger partial charge is 0.306 e. The van der Waals surface area contributed by atoms with Crippen LogP contribution in [0, 0.1) is 46.3 Å². The van der Waals surface area contributed by atoms with E-state index in [0.29, 0.717) is 37.1 Å². The lowest BCUT2D eigenvalue weighted by Crippen LogP contribution is -2.62. The minimum Gasteiger partial charge on any atom is -0.462 e. The van der Waals surface area contributed by atoms with Crippen molar-refractivity contribution < 1.29 is 69.4 Å². The van der Waals surface area contributed by atoms with Gasteiger partial charge in [0.2, 0.25) is 5.91 Å². The third-order valence-corrected chi connectivity index (χ3v) is 16.2. The Morgan fingerprint density at radius 3 is 2.25 bits per heavy atom. The Morgan fingerprint density at radius 1 is 0.844 bits per heavy atom. The van der Waals surface area contributed by atoms with Crippen molar-refractivity contribution in [2.45, 2.75) is 199 Å². The predicted octanol–water partition coefficient (Wildman–Crippen LogP) is 2.38. The number of ether oxygens (including phenoxy) is 3. The van der Waals surface area contributed by atoms with Gasteiger partial charge in [0.1, 0.15) is 48.8 Å². The summed E-state index contributed by atoms with van der Waals surface area (Å²) in [5.41, 5.74) is 2.08. The molecule has 7 unspecified atom stereocenters. The number of aliphatic hydroxyl groups excluding tert-OH is 8. The number of esters is 1. The maximum atomic E-state index is 12.9. The molecule has 64 heavy (non-hydrogen) atoms. The maximum Gasteiger partial charge on any atom is 0.306 e. The lowest BCUT2D eigenvalue weighted by atomic mass is 9.47. The van der Waals surface area contributed by atoms with E-state index in [1.807, 2.05) is 0 Å². The van der Waals surface area contributed by atoms with Gasteiger partial charge in [0.25, 0.3) is 5.91 Å². The normalized spacial score (nSPS) is 36.1. The zero-order valence-electron chi connectivity index (χ0n) is 39.0. The molecule has 1 aliphatic heterocycles. The lowest BCUT2D eigenvalue weighted by molar-refractivity contribution is -0.326. The van der Waals surface area contributed by atoms with E-state index < -0.39 is 74.2 Å². The molecular weight excluding hydrogens is 829 g/mol. The summed E-state index contributed by atoms with van der Waals surface area (Å²) >= 11 is 0. The standard InChI is InChI=1S/C48H82N2O14/c1-27(2)10-9-11-28(3)32-14-15-33-31-13-12-29-24-30(18-20-47(29,4)34(31)19-21-48(32,33)5)62-38(55)17-16-37(54)49-22-7-6-8-23-50-45(61)42(59)41(58)44(35(53)25-51)64-46-43(60)40(57)39(56)36(26-52)63-46/h12,27-28,30-36,39-44,46,51-53,56-60H,6-11,13-26H2,1-5H3,(H,49,54)(H,50,61)/t28-,30?,31+,32-,33+,34+,35?,36?,39-,40-,41?,42?,43?,44?,46-,47+,48-/m0/s1. The van der Waals surface area contributed by atoms with Crippen LogP contribution in [-0.2, 0) is 28.6 Å². The van der Waals surface area contributed by atoms with Gasteiger partial charge in [0, 0.05) is 25.9 Å². The monoisotopic (exact) mass is 911 g/mol. The SMILES string of the molecule is CC(C)CCC[C@H](C)[C@@H]1CC[C@@H]2[C@H]3CC=C4CC(OC(=O)CCC(=O)NCCCCCNC(=O)C(O)C(O)C(O[C@@H]5OC(CO)[C@H](O)[C@H](O)C5O)C(O)CO)CC[C@@]4(C)[C@@H]3CC[C@]21C. The van der Waals surface area contributed by atoms with Gasteiger partial charge >= 0.3 is 5.97 Å². The molecule has 2 amide bonds. The molecule has 1 saturated heterocycles. The Labute approximate surface area is 379 Å². The van der Waals surface area contributed by atoms with E-state index >= 15 is 0 Å². The van der Waals surface area contributed by atoms with Gasteiger partial charge in [-0.25, -0.2) is 0 Å². The molecule has 0 spiro atoms. The number of unbranched alkanes of at least 4 members (excludes halogenated alkanes) is 2. The van der Waals surface area contributed by atoms with Crippen LogP contribution in [0.3, 0.4) is 0 Å². The minimum atomic E-state index is -2.15. The van der Waals surface area contributed by atoms with E-state index in [9.17, 15) is 55.2 Å². The molecule has 5 aliphatic rings. The molecule has 17 atom stereocenters. The summed E-state index contributed by atoms with van der Waals surface area (Å²) in [4.78, 5) is 38.0. The zero-order chi connectivity index (χ0) is 46.9. The number of nitrogens with one attached hydrogen (secondary N) is 2. The molecule has 368 valence electrons. The molecule has 4 aliphatic carbocycles. The molecule has 1 heterocycles. The van der Waals surface area contributed by atoms with Gasteiger partial charge in [-0.1, -0.05) is 65.5 Å². The Morgan fingerprint density at radius 2 is 1.56 bits per heavy atom. The van der Waals surface area contributed by atoms with Crippen LogP contribution in [0.2, 0.25) is 0 Å². The van der Waals surface area contributed by atoms with Crippen molar-refractivity contribution in [3.63, 3.8) is 0 Å². The van der Waals surface area contributed by atoms with Gasteiger partial charge in [0.05, 0.1) is 19.6 Å². The van der Waals surface area contributed by atoms with E-state index in [4.69, 9.17) is 14.2 Å². The summed E-state index contributed by atoms with van der Waals surface area (Å²) in [6.07, 6.45) is 0.546. The Bertz CT molecular complexity index is 1550. The van der Waals surface area contributed by atoms with Crippen LogP contribution in [0.25, 0.3) is 0 Å². The second kappa shape index (κ2) is 23.7. The van der Waals surface area contributed by atoms with Crippen molar-refractivity contribution in [3.8, 4) is 0 Å². The van der Waals surface area contributed by atoms with Crippen LogP contribution in [0.5, 0.6) is 0 Å². The van der Waals surface area contributed by atoms with E-state index in [1.165, 1.54) is 50.5 Å². The number of carbonyl (C=O) groups is 3. The van der Waals surface area contributed by atoms with E-state index in [1.54, 1.807) is 0 Å². The van der Waals surface area contributed by atoms with Crippen LogP contribution in [0.1, 0.15) is 137 Å². The highest BCUT2D eigenvalue weighted by Crippen LogP contribution is 2.67. The highest BCUT2D eigenvalue weighted by atomic mass is 16.7. The summed E-state index contributed by atoms with van der Waals surface area (Å²) in [5.74, 6) is 3.01. The van der Waals surface area contributed by atoms with E-state index in [2.05, 4.69) is 51.3 Å². The van der Waals surface area contributed by atoms with Gasteiger partial charge in [-0.05, 0) is 111 Å². The van der Waals surface area contributed by atoms with Crippen molar-refractivity contribution in [2.24, 2.45) is 46.3 Å². The first-order chi connectivity index (χ1) is 30.4. The highest BCUT2D eigenvalue weighted by Gasteiger charge is 2.59. The Kier molecular flexibility index (Phi) is 19.5. The fourth-order valence-electron chi connectivity index (χ4n) is 12.4. The summed E-state index contributed by atoms with van der Waals surface area (Å²) in [7, 11) is 0. The second-order valence-corrected chi connectivity index (χ2v) is 20.8. The first-order valence-electron chi connectivity index (χ1n) is 24.4. The molecule has 16 heteroatoms. The zero-order valence-corrected chi connectivity index (χ0v) is 39.0. The Balaban J connectivity index is 0.958. The van der Waals surface area contributed by atoms with Gasteiger partial charge in [-0.15, -0.1) is 0 Å². The number of aliphatic hydroxyl groups is 8. The van der Waals surface area contributed by atoms with Gasteiger partial charge in [0.15, 0.2) is 12.4 Å². The van der Waals surface area contributed by atoms with Gasteiger partial charge in [-0.2, -0.15) is 0 Å². The molecule has 3 saturated carbocycles. The summed E-state index contributed by atoms with van der Waals surface area (Å²) in [6.45, 7) is 11.0. The quantitative estimate of drug-likeness (QED) is 0.0401. The minimum absolute atomic E-state index is 0.00459. The fraction of sp³-hybridized carbons (Fsp3) is 0.896. The largest absolute Gasteiger partial charge is 0.462 e. The number of amides is 2. The van der Waals surface area contributed by atoms with Gasteiger partial charge in [-0.3, -0.25) is 14.4 Å². The maximum absolute atomic E-state index is 12.9. The molecule has 10 N–H and O–H groups in total. The molecule has 0 bridgehead atoms. The number of hydrogen-bond acceptors (Lipinski definition) is 14. The second-order valence-electron chi connectivity index (χ2n) is 20.8. The third-order valence-electron chi connectivity index (χ3n) is 16.2. The molecule has 4 fully saturated rings. The molecule has 16 nitrogen and oxygen atoms in total. The average Bonchev–Trinajstić information content (AvgIpc) is 3.63. The van der Waals surface area contributed by atoms with Crippen LogP contribution in [0.4, 0.5) is 0 Å². The van der Waals surface area contributed by atoms with Crippen LogP contribution >= 0.6 is 0 Å². The van der Waals surface area contributed by atoms with Crippen molar-refractivity contribution in [2.75, 3.05) is 26.3 Å². The lowest BCUT2D eigenvalue weighted by Gasteiger charge is -2.58.